The molecular formula is C13H20N2O3. The number of carbonyl (C=O) groups is 2. The van der Waals surface area contributed by atoms with Crippen molar-refractivity contribution in [2.75, 3.05) is 26.3 Å². The molecule has 1 aliphatic heterocycles. The van der Waals surface area contributed by atoms with Crippen LogP contribution in [0, 0.1) is 5.92 Å². The lowest BCUT2D eigenvalue weighted by Crippen LogP contribution is -2.55. The van der Waals surface area contributed by atoms with E-state index in [9.17, 15) is 9.59 Å². The summed E-state index contributed by atoms with van der Waals surface area (Å²) in [5.74, 6) is 0.585. The lowest BCUT2D eigenvalue weighted by atomic mass is 10.1. The Bertz CT molecular complexity index is 350. The quantitative estimate of drug-likeness (QED) is 0.745. The van der Waals surface area contributed by atoms with E-state index < -0.39 is 0 Å². The number of Topliss-reactive ketones (excluding diaryl/α,β-unsaturated/α-hetero) is 1. The molecule has 2 aliphatic carbocycles. The fourth-order valence-corrected chi connectivity index (χ4v) is 2.33. The van der Waals surface area contributed by atoms with Gasteiger partial charge in [0.05, 0.1) is 19.8 Å². The Balaban J connectivity index is 1.57. The summed E-state index contributed by atoms with van der Waals surface area (Å²) in [7, 11) is 0. The van der Waals surface area contributed by atoms with Gasteiger partial charge in [0.1, 0.15) is 11.8 Å². The number of ketones is 1. The molecule has 0 bridgehead atoms. The van der Waals surface area contributed by atoms with Crippen molar-refractivity contribution in [1.82, 2.24) is 10.2 Å². The van der Waals surface area contributed by atoms with E-state index in [1.165, 1.54) is 0 Å². The van der Waals surface area contributed by atoms with Gasteiger partial charge in [0, 0.05) is 18.5 Å². The lowest BCUT2D eigenvalue weighted by Gasteiger charge is -2.34. The normalized spacial score (nSPS) is 29.0. The van der Waals surface area contributed by atoms with Gasteiger partial charge in [-0.25, -0.2) is 0 Å². The van der Waals surface area contributed by atoms with Crippen molar-refractivity contribution in [3.05, 3.63) is 0 Å². The number of hydrogen-bond donors (Lipinski definition) is 1. The highest BCUT2D eigenvalue weighted by Crippen LogP contribution is 2.30. The Morgan fingerprint density at radius 3 is 2.67 bits per heavy atom. The molecule has 18 heavy (non-hydrogen) atoms. The molecule has 0 spiro atoms. The summed E-state index contributed by atoms with van der Waals surface area (Å²) in [5.41, 5.74) is 0. The number of nitrogens with zero attached hydrogens (tertiary/aromatic N) is 1. The van der Waals surface area contributed by atoms with E-state index in [0.29, 0.717) is 38.1 Å². The average Bonchev–Trinajstić information content (AvgIpc) is 3.23. The van der Waals surface area contributed by atoms with Crippen molar-refractivity contribution in [3.63, 3.8) is 0 Å². The van der Waals surface area contributed by atoms with Crippen LogP contribution in [0.2, 0.25) is 0 Å². The van der Waals surface area contributed by atoms with Crippen molar-refractivity contribution >= 4 is 11.7 Å². The van der Waals surface area contributed by atoms with Crippen LogP contribution in [0.3, 0.4) is 0 Å². The van der Waals surface area contributed by atoms with Crippen molar-refractivity contribution in [1.29, 1.82) is 0 Å². The molecule has 1 saturated heterocycles. The van der Waals surface area contributed by atoms with Gasteiger partial charge in [-0.15, -0.1) is 0 Å². The Hall–Kier alpha value is -0.940. The lowest BCUT2D eigenvalue weighted by molar-refractivity contribution is -0.135. The number of rotatable bonds is 5. The summed E-state index contributed by atoms with van der Waals surface area (Å²) in [4.78, 5) is 25.9. The minimum Gasteiger partial charge on any atom is -0.378 e. The molecule has 1 amide bonds. The minimum atomic E-state index is -0.276. The zero-order chi connectivity index (χ0) is 12.5. The zero-order valence-corrected chi connectivity index (χ0v) is 10.6. The predicted molar refractivity (Wildman–Crippen MR) is 65.1 cm³/mol. The third-order valence-electron chi connectivity index (χ3n) is 3.86. The molecule has 0 radical (unpaired) electrons. The van der Waals surface area contributed by atoms with E-state index in [2.05, 4.69) is 5.32 Å². The maximum atomic E-state index is 12.1. The molecule has 3 fully saturated rings. The number of ether oxygens (including phenoxy) is 1. The number of hydrogen-bond acceptors (Lipinski definition) is 4. The van der Waals surface area contributed by atoms with Crippen molar-refractivity contribution < 1.29 is 14.3 Å². The van der Waals surface area contributed by atoms with Gasteiger partial charge < -0.3 is 10.1 Å². The van der Waals surface area contributed by atoms with Gasteiger partial charge in [-0.2, -0.15) is 0 Å². The zero-order valence-electron chi connectivity index (χ0n) is 10.6. The molecule has 3 aliphatic rings. The number of morpholine rings is 1. The Morgan fingerprint density at radius 2 is 2.00 bits per heavy atom. The topological polar surface area (TPSA) is 58.6 Å². The smallest absolute Gasteiger partial charge is 0.239 e. The Labute approximate surface area is 107 Å². The van der Waals surface area contributed by atoms with Crippen LogP contribution < -0.4 is 5.32 Å². The first kappa shape index (κ1) is 12.1. The average molecular weight is 252 g/mol. The van der Waals surface area contributed by atoms with E-state index in [0.717, 1.165) is 25.7 Å². The van der Waals surface area contributed by atoms with E-state index in [1.807, 2.05) is 4.90 Å². The first-order valence-electron chi connectivity index (χ1n) is 6.89. The molecular weight excluding hydrogens is 232 g/mol. The maximum absolute atomic E-state index is 12.1. The maximum Gasteiger partial charge on any atom is 0.239 e. The van der Waals surface area contributed by atoms with Crippen molar-refractivity contribution in [2.45, 2.75) is 37.8 Å². The van der Waals surface area contributed by atoms with E-state index >= 15 is 0 Å². The number of carbonyl (C=O) groups excluding carboxylic acids is 2. The van der Waals surface area contributed by atoms with Crippen LogP contribution in [0.4, 0.5) is 0 Å². The van der Waals surface area contributed by atoms with Gasteiger partial charge in [-0.3, -0.25) is 14.5 Å². The van der Waals surface area contributed by atoms with Crippen LogP contribution in [0.25, 0.3) is 0 Å². The molecule has 0 aromatic heterocycles. The summed E-state index contributed by atoms with van der Waals surface area (Å²) < 4.78 is 5.38. The molecule has 0 aromatic carbocycles. The van der Waals surface area contributed by atoms with Crippen LogP contribution in [0.15, 0.2) is 0 Å². The summed E-state index contributed by atoms with van der Waals surface area (Å²) >= 11 is 0. The van der Waals surface area contributed by atoms with E-state index in [1.54, 1.807) is 0 Å². The molecule has 1 heterocycles. The first-order chi connectivity index (χ1) is 8.74. The summed E-state index contributed by atoms with van der Waals surface area (Å²) in [6.45, 7) is 2.12. The fourth-order valence-electron chi connectivity index (χ4n) is 2.33. The predicted octanol–water partition coefficient (Wildman–Crippen LogP) is -0.0551. The molecule has 1 N–H and O–H groups in total. The standard InChI is InChI=1S/C13H20N2O3/c16-12(9-1-2-9)7-15-5-6-18-8-11(15)13(17)14-10-3-4-10/h9-11H,1-8H2,(H,14,17). The molecule has 5 nitrogen and oxygen atoms in total. The molecule has 3 rings (SSSR count). The molecule has 0 aromatic rings. The highest BCUT2D eigenvalue weighted by molar-refractivity contribution is 5.87. The largest absolute Gasteiger partial charge is 0.378 e. The third-order valence-corrected chi connectivity index (χ3v) is 3.86. The Morgan fingerprint density at radius 1 is 1.22 bits per heavy atom. The second-order valence-electron chi connectivity index (χ2n) is 5.58. The van der Waals surface area contributed by atoms with E-state index in [4.69, 9.17) is 4.74 Å². The molecule has 2 saturated carbocycles. The van der Waals surface area contributed by atoms with Crippen LogP contribution in [0.5, 0.6) is 0 Å². The van der Waals surface area contributed by atoms with Crippen LogP contribution in [0.1, 0.15) is 25.7 Å². The van der Waals surface area contributed by atoms with Gasteiger partial charge in [-0.05, 0) is 25.7 Å². The van der Waals surface area contributed by atoms with Gasteiger partial charge in [0.25, 0.3) is 0 Å². The Kier molecular flexibility index (Phi) is 3.35. The third kappa shape index (κ3) is 2.90. The van der Waals surface area contributed by atoms with Crippen LogP contribution in [-0.2, 0) is 14.3 Å². The summed E-state index contributed by atoms with van der Waals surface area (Å²) in [5, 5.41) is 3.00. The van der Waals surface area contributed by atoms with Crippen molar-refractivity contribution in [3.8, 4) is 0 Å². The first-order valence-corrected chi connectivity index (χ1v) is 6.89. The molecule has 1 atom stereocenters. The molecule has 1 unspecified atom stereocenters. The van der Waals surface area contributed by atoms with E-state index in [-0.39, 0.29) is 17.9 Å². The van der Waals surface area contributed by atoms with Gasteiger partial charge in [-0.1, -0.05) is 0 Å². The second kappa shape index (κ2) is 4.97. The summed E-state index contributed by atoms with van der Waals surface area (Å²) in [6, 6.07) is 0.0856. The highest BCUT2D eigenvalue weighted by atomic mass is 16.5. The number of amides is 1. The second-order valence-corrected chi connectivity index (χ2v) is 5.58. The highest BCUT2D eigenvalue weighted by Gasteiger charge is 2.36. The SMILES string of the molecule is O=C(CN1CCOCC1C(=O)NC1CC1)C1CC1. The van der Waals surface area contributed by atoms with Crippen LogP contribution in [-0.4, -0.2) is 55.0 Å². The molecule has 100 valence electrons. The van der Waals surface area contributed by atoms with Gasteiger partial charge in [0.2, 0.25) is 5.91 Å². The van der Waals surface area contributed by atoms with Crippen molar-refractivity contribution in [2.24, 2.45) is 5.92 Å². The minimum absolute atomic E-state index is 0.0285. The molecule has 5 heteroatoms. The van der Waals surface area contributed by atoms with Gasteiger partial charge >= 0.3 is 0 Å². The monoisotopic (exact) mass is 252 g/mol. The van der Waals surface area contributed by atoms with Crippen LogP contribution >= 0.6 is 0 Å². The van der Waals surface area contributed by atoms with Gasteiger partial charge in [0.15, 0.2) is 0 Å². The fraction of sp³-hybridized carbons (Fsp3) is 0.846. The summed E-state index contributed by atoms with van der Waals surface area (Å²) in [6.07, 6.45) is 4.23. The number of nitrogens with one attached hydrogen (secondary N) is 1.